The fourth-order valence-electron chi connectivity index (χ4n) is 1.16. The minimum Gasteiger partial charge on any atom is -0.324 e. The van der Waals surface area contributed by atoms with Crippen LogP contribution in [0.4, 0.5) is 10.1 Å². The Morgan fingerprint density at radius 3 is 2.22 bits per heavy atom. The molecule has 8 heteroatoms. The highest BCUT2D eigenvalue weighted by Gasteiger charge is 2.15. The van der Waals surface area contributed by atoms with Crippen molar-refractivity contribution in [3.05, 3.63) is 24.3 Å². The largest absolute Gasteiger partial charge is 0.324 e. The maximum absolute atomic E-state index is 11.9. The number of hydrogen-bond donors (Lipinski definition) is 2. The number of nitrogens with one attached hydrogen (secondary N) is 2. The van der Waals surface area contributed by atoms with Gasteiger partial charge in [-0.05, 0) is 24.3 Å². The summed E-state index contributed by atoms with van der Waals surface area (Å²) >= 11 is 0. The van der Waals surface area contributed by atoms with Gasteiger partial charge in [-0.1, -0.05) is 0 Å². The monoisotopic (exact) mass is 274 g/mol. The third-order valence-electron chi connectivity index (χ3n) is 1.85. The Hall–Kier alpha value is -1.96. The van der Waals surface area contributed by atoms with Crippen LogP contribution in [-0.4, -0.2) is 26.9 Å². The van der Waals surface area contributed by atoms with E-state index in [1.807, 2.05) is 0 Å². The first-order valence-electron chi connectivity index (χ1n) is 4.84. The molecule has 1 aromatic carbocycles. The van der Waals surface area contributed by atoms with Gasteiger partial charge in [-0.2, -0.15) is 0 Å². The molecule has 1 rings (SSSR count). The van der Waals surface area contributed by atoms with E-state index in [0.29, 0.717) is 0 Å². The van der Waals surface area contributed by atoms with Gasteiger partial charge in [0.25, 0.3) is 15.9 Å². The molecule has 0 bridgehead atoms. The number of carbonyl (C=O) groups excluding carboxylic acids is 2. The van der Waals surface area contributed by atoms with Gasteiger partial charge in [-0.3, -0.25) is 9.59 Å². The van der Waals surface area contributed by atoms with Crippen molar-refractivity contribution in [2.45, 2.75) is 11.8 Å². The van der Waals surface area contributed by atoms with E-state index in [-0.39, 0.29) is 10.6 Å². The molecule has 98 valence electrons. The van der Waals surface area contributed by atoms with Crippen LogP contribution in [0.3, 0.4) is 0 Å². The van der Waals surface area contributed by atoms with Crippen LogP contribution in [0.25, 0.3) is 0 Å². The molecule has 0 heterocycles. The Bertz CT molecular complexity index is 554. The van der Waals surface area contributed by atoms with Gasteiger partial charge in [0.2, 0.25) is 5.91 Å². The van der Waals surface area contributed by atoms with Crippen LogP contribution >= 0.6 is 0 Å². The van der Waals surface area contributed by atoms with E-state index in [2.05, 4.69) is 5.32 Å². The van der Waals surface area contributed by atoms with E-state index in [1.165, 1.54) is 24.3 Å². The third kappa shape index (κ3) is 3.81. The number of anilines is 1. The molecule has 0 aliphatic rings. The first-order valence-corrected chi connectivity index (χ1v) is 6.33. The van der Waals surface area contributed by atoms with Crippen molar-refractivity contribution in [1.29, 1.82) is 0 Å². The standard InChI is InChI=1S/C10H11FN2O4S/c1-7(14)13-18(16,17)9-4-2-8(3-5-9)12-10(15)6-11/h2-5H,6H2,1H3,(H,12,15)(H,13,14). The second-order valence-corrected chi connectivity index (χ2v) is 5.05. The predicted molar refractivity (Wildman–Crippen MR) is 62.0 cm³/mol. The molecule has 0 radical (unpaired) electrons. The molecule has 6 nitrogen and oxygen atoms in total. The van der Waals surface area contributed by atoms with Crippen molar-refractivity contribution in [2.75, 3.05) is 12.0 Å². The van der Waals surface area contributed by atoms with Crippen molar-refractivity contribution in [1.82, 2.24) is 4.72 Å². The fourth-order valence-corrected chi connectivity index (χ4v) is 2.15. The normalized spacial score (nSPS) is 10.8. The molecule has 0 saturated heterocycles. The Morgan fingerprint density at radius 2 is 1.78 bits per heavy atom. The highest BCUT2D eigenvalue weighted by molar-refractivity contribution is 7.90. The number of sulfonamides is 1. The van der Waals surface area contributed by atoms with Crippen LogP contribution in [-0.2, 0) is 19.6 Å². The van der Waals surface area contributed by atoms with Crippen molar-refractivity contribution >= 4 is 27.5 Å². The maximum atomic E-state index is 11.9. The molecule has 0 aliphatic carbocycles. The van der Waals surface area contributed by atoms with Crippen molar-refractivity contribution < 1.29 is 22.4 Å². The molecule has 0 unspecified atom stereocenters. The molecule has 18 heavy (non-hydrogen) atoms. The summed E-state index contributed by atoms with van der Waals surface area (Å²) in [6, 6.07) is 4.97. The molecule has 2 N–H and O–H groups in total. The SMILES string of the molecule is CC(=O)NS(=O)(=O)c1ccc(NC(=O)CF)cc1. The Kier molecular flexibility index (Phi) is 4.38. The van der Waals surface area contributed by atoms with Gasteiger partial charge in [0.15, 0.2) is 6.67 Å². The van der Waals surface area contributed by atoms with Gasteiger partial charge < -0.3 is 5.32 Å². The minimum atomic E-state index is -3.90. The van der Waals surface area contributed by atoms with Crippen LogP contribution in [0.1, 0.15) is 6.92 Å². The number of alkyl halides is 1. The van der Waals surface area contributed by atoms with E-state index in [4.69, 9.17) is 0 Å². The zero-order valence-electron chi connectivity index (χ0n) is 9.44. The predicted octanol–water partition coefficient (Wildman–Crippen LogP) is 0.419. The second kappa shape index (κ2) is 5.58. The molecule has 1 aromatic rings. The van der Waals surface area contributed by atoms with Gasteiger partial charge in [-0.15, -0.1) is 0 Å². The van der Waals surface area contributed by atoms with Crippen LogP contribution < -0.4 is 10.0 Å². The smallest absolute Gasteiger partial charge is 0.264 e. The van der Waals surface area contributed by atoms with Gasteiger partial charge >= 0.3 is 0 Å². The Labute approximate surface area is 103 Å². The average molecular weight is 274 g/mol. The maximum Gasteiger partial charge on any atom is 0.264 e. The molecule has 0 atom stereocenters. The fraction of sp³-hybridized carbons (Fsp3) is 0.200. The minimum absolute atomic E-state index is 0.129. The van der Waals surface area contributed by atoms with E-state index in [1.54, 1.807) is 4.72 Å². The molecule has 0 aliphatic heterocycles. The van der Waals surface area contributed by atoms with Crippen molar-refractivity contribution in [3.8, 4) is 0 Å². The number of rotatable bonds is 4. The summed E-state index contributed by atoms with van der Waals surface area (Å²) in [5.74, 6) is -1.53. The van der Waals surface area contributed by atoms with E-state index >= 15 is 0 Å². The lowest BCUT2D eigenvalue weighted by molar-refractivity contribution is -0.117. The summed E-state index contributed by atoms with van der Waals surface area (Å²) in [5, 5.41) is 2.21. The first-order chi connectivity index (χ1) is 8.35. The number of halogens is 1. The van der Waals surface area contributed by atoms with E-state index in [9.17, 15) is 22.4 Å². The third-order valence-corrected chi connectivity index (χ3v) is 3.30. The van der Waals surface area contributed by atoms with Crippen LogP contribution in [0.15, 0.2) is 29.2 Å². The van der Waals surface area contributed by atoms with E-state index in [0.717, 1.165) is 6.92 Å². The van der Waals surface area contributed by atoms with Gasteiger partial charge in [0, 0.05) is 12.6 Å². The van der Waals surface area contributed by atoms with Crippen molar-refractivity contribution in [3.63, 3.8) is 0 Å². The summed E-state index contributed by atoms with van der Waals surface area (Å²) in [4.78, 5) is 21.3. The molecule has 2 amide bonds. The Morgan fingerprint density at radius 1 is 1.22 bits per heavy atom. The number of hydrogen-bond acceptors (Lipinski definition) is 4. The number of carbonyl (C=O) groups is 2. The summed E-state index contributed by atoms with van der Waals surface area (Å²) in [5.41, 5.74) is 0.263. The van der Waals surface area contributed by atoms with Gasteiger partial charge in [0.1, 0.15) is 0 Å². The van der Waals surface area contributed by atoms with Crippen molar-refractivity contribution in [2.24, 2.45) is 0 Å². The molecule has 0 aromatic heterocycles. The zero-order chi connectivity index (χ0) is 13.8. The lowest BCUT2D eigenvalue weighted by Crippen LogP contribution is -2.28. The summed E-state index contributed by atoms with van der Waals surface area (Å²) in [6.45, 7) is -0.0840. The number of amides is 2. The lowest BCUT2D eigenvalue weighted by atomic mass is 10.3. The quantitative estimate of drug-likeness (QED) is 0.832. The summed E-state index contributed by atoms with van der Waals surface area (Å²) in [6.07, 6.45) is 0. The zero-order valence-corrected chi connectivity index (χ0v) is 10.3. The summed E-state index contributed by atoms with van der Waals surface area (Å²) < 4.78 is 36.8. The van der Waals surface area contributed by atoms with Crippen LogP contribution in [0.2, 0.25) is 0 Å². The Balaban J connectivity index is 2.89. The summed E-state index contributed by atoms with van der Waals surface area (Å²) in [7, 11) is -3.90. The number of benzene rings is 1. The average Bonchev–Trinajstić information content (AvgIpc) is 2.28. The lowest BCUT2D eigenvalue weighted by Gasteiger charge is -2.06. The van der Waals surface area contributed by atoms with Crippen LogP contribution in [0.5, 0.6) is 0 Å². The highest BCUT2D eigenvalue weighted by atomic mass is 32.2. The molecular formula is C10H11FN2O4S. The molecule has 0 spiro atoms. The molecule has 0 saturated carbocycles. The van der Waals surface area contributed by atoms with Crippen LogP contribution in [0, 0.1) is 0 Å². The van der Waals surface area contributed by atoms with E-state index < -0.39 is 28.5 Å². The topological polar surface area (TPSA) is 92.3 Å². The molecule has 0 fully saturated rings. The van der Waals surface area contributed by atoms with Gasteiger partial charge in [0.05, 0.1) is 4.90 Å². The second-order valence-electron chi connectivity index (χ2n) is 3.37. The first kappa shape index (κ1) is 14.1. The highest BCUT2D eigenvalue weighted by Crippen LogP contribution is 2.13. The molecular weight excluding hydrogens is 263 g/mol. The van der Waals surface area contributed by atoms with Gasteiger partial charge in [-0.25, -0.2) is 17.5 Å².